The van der Waals surface area contributed by atoms with Crippen LogP contribution >= 0.6 is 11.6 Å². The van der Waals surface area contributed by atoms with E-state index in [9.17, 15) is 14.0 Å². The maximum Gasteiger partial charge on any atom is 0.274 e. The number of rotatable bonds is 7. The number of hydrogen-bond acceptors (Lipinski definition) is 5. The van der Waals surface area contributed by atoms with E-state index in [0.717, 1.165) is 11.6 Å². The molecule has 0 atom stereocenters. The first-order chi connectivity index (χ1) is 16.0. The fraction of sp³-hybridized carbons (Fsp3) is 0.0833. The zero-order valence-corrected chi connectivity index (χ0v) is 18.0. The first kappa shape index (κ1) is 22.2. The van der Waals surface area contributed by atoms with E-state index in [1.165, 1.54) is 18.3 Å². The molecule has 0 aliphatic carbocycles. The molecule has 2 N–H and O–H groups in total. The van der Waals surface area contributed by atoms with Crippen LogP contribution in [0.15, 0.2) is 77.5 Å². The second-order valence-corrected chi connectivity index (χ2v) is 7.47. The largest absolute Gasteiger partial charge is 0.441 e. The van der Waals surface area contributed by atoms with Crippen molar-refractivity contribution >= 4 is 34.8 Å². The molecule has 4 rings (SSSR count). The monoisotopic (exact) mass is 464 g/mol. The number of nitrogens with one attached hydrogen (secondary N) is 2. The smallest absolute Gasteiger partial charge is 0.274 e. The van der Waals surface area contributed by atoms with Crippen LogP contribution in [0.3, 0.4) is 0 Å². The molecule has 2 heterocycles. The van der Waals surface area contributed by atoms with Gasteiger partial charge in [0.2, 0.25) is 5.91 Å². The van der Waals surface area contributed by atoms with Gasteiger partial charge in [-0.25, -0.2) is 9.37 Å². The lowest BCUT2D eigenvalue weighted by atomic mass is 10.2. The second-order valence-electron chi connectivity index (χ2n) is 7.03. The van der Waals surface area contributed by atoms with Gasteiger partial charge in [0.25, 0.3) is 5.91 Å². The summed E-state index contributed by atoms with van der Waals surface area (Å²) in [6.45, 7) is 0. The van der Waals surface area contributed by atoms with Gasteiger partial charge in [0, 0.05) is 29.6 Å². The lowest BCUT2D eigenvalue weighted by Gasteiger charge is -2.12. The van der Waals surface area contributed by atoms with E-state index in [4.69, 9.17) is 16.0 Å². The number of nitrogens with zero attached hydrogens (tertiary/aromatic N) is 2. The highest BCUT2D eigenvalue weighted by Gasteiger charge is 2.14. The minimum absolute atomic E-state index is 0.0463. The van der Waals surface area contributed by atoms with E-state index in [1.54, 1.807) is 36.5 Å². The Labute approximate surface area is 193 Å². The molecule has 4 aromatic rings. The molecule has 0 saturated carbocycles. The summed E-state index contributed by atoms with van der Waals surface area (Å²) >= 11 is 5.89. The first-order valence-corrected chi connectivity index (χ1v) is 10.4. The maximum atomic E-state index is 13.8. The minimum atomic E-state index is -0.554. The summed E-state index contributed by atoms with van der Waals surface area (Å²) in [4.78, 5) is 33.0. The number of hydrogen-bond donors (Lipinski definition) is 2. The van der Waals surface area contributed by atoms with Gasteiger partial charge < -0.3 is 15.1 Å². The van der Waals surface area contributed by atoms with Crippen LogP contribution in [0.4, 0.5) is 15.8 Å². The van der Waals surface area contributed by atoms with Crippen molar-refractivity contribution in [2.24, 2.45) is 0 Å². The van der Waals surface area contributed by atoms with Crippen molar-refractivity contribution in [1.82, 2.24) is 9.97 Å². The van der Waals surface area contributed by atoms with E-state index < -0.39 is 11.7 Å². The van der Waals surface area contributed by atoms with E-state index in [0.29, 0.717) is 16.7 Å². The molecular formula is C24H18ClFN4O3. The Balaban J connectivity index is 1.39. The third-order valence-corrected chi connectivity index (χ3v) is 4.90. The molecule has 2 aromatic heterocycles. The van der Waals surface area contributed by atoms with Crippen LogP contribution in [0.25, 0.3) is 11.3 Å². The summed E-state index contributed by atoms with van der Waals surface area (Å²) in [5.41, 5.74) is 1.40. The number of pyridine rings is 1. The lowest BCUT2D eigenvalue weighted by molar-refractivity contribution is -0.116. The maximum absolute atomic E-state index is 13.8. The van der Waals surface area contributed by atoms with E-state index >= 15 is 0 Å². The van der Waals surface area contributed by atoms with Gasteiger partial charge >= 0.3 is 0 Å². The van der Waals surface area contributed by atoms with Gasteiger partial charge in [0.05, 0.1) is 17.6 Å². The number of aryl methyl sites for hydroxylation is 1. The number of carbonyl (C=O) groups excluding carboxylic acids is 2. The quantitative estimate of drug-likeness (QED) is 0.384. The highest BCUT2D eigenvalue weighted by Crippen LogP contribution is 2.25. The third kappa shape index (κ3) is 5.81. The average Bonchev–Trinajstić information content (AvgIpc) is 3.29. The number of oxazole rings is 1. The molecule has 166 valence electrons. The molecule has 33 heavy (non-hydrogen) atoms. The van der Waals surface area contributed by atoms with Gasteiger partial charge in [-0.3, -0.25) is 14.6 Å². The van der Waals surface area contributed by atoms with Crippen LogP contribution in [0.2, 0.25) is 5.02 Å². The van der Waals surface area contributed by atoms with Crippen molar-refractivity contribution in [1.29, 1.82) is 0 Å². The average molecular weight is 465 g/mol. The molecule has 0 fully saturated rings. The normalized spacial score (nSPS) is 10.6. The summed E-state index contributed by atoms with van der Waals surface area (Å²) < 4.78 is 19.5. The molecule has 2 amide bonds. The van der Waals surface area contributed by atoms with Crippen molar-refractivity contribution in [2.75, 3.05) is 10.6 Å². The number of benzene rings is 2. The topological polar surface area (TPSA) is 97.1 Å². The molecule has 0 aliphatic rings. The van der Waals surface area contributed by atoms with Crippen LogP contribution in [0.1, 0.15) is 22.8 Å². The Morgan fingerprint density at radius 2 is 1.79 bits per heavy atom. The fourth-order valence-corrected chi connectivity index (χ4v) is 3.14. The predicted octanol–water partition coefficient (Wildman–Crippen LogP) is 5.35. The second kappa shape index (κ2) is 10.1. The Bertz CT molecular complexity index is 1280. The molecule has 0 spiro atoms. The number of amides is 2. The lowest BCUT2D eigenvalue weighted by Crippen LogP contribution is -2.18. The molecule has 0 bridgehead atoms. The Kier molecular flexibility index (Phi) is 6.75. The molecule has 7 nitrogen and oxygen atoms in total. The number of aromatic nitrogens is 2. The zero-order chi connectivity index (χ0) is 23.2. The van der Waals surface area contributed by atoms with Crippen molar-refractivity contribution in [3.05, 3.63) is 95.5 Å². The molecule has 0 unspecified atom stereocenters. The first-order valence-electron chi connectivity index (χ1n) is 10.0. The van der Waals surface area contributed by atoms with Crippen molar-refractivity contribution in [3.8, 4) is 11.3 Å². The van der Waals surface area contributed by atoms with Crippen LogP contribution in [0, 0.1) is 5.82 Å². The molecule has 0 aliphatic heterocycles. The fourth-order valence-electron chi connectivity index (χ4n) is 3.02. The minimum Gasteiger partial charge on any atom is -0.441 e. The summed E-state index contributed by atoms with van der Waals surface area (Å²) in [6.07, 6.45) is 3.35. The van der Waals surface area contributed by atoms with Crippen LogP contribution in [0.5, 0.6) is 0 Å². The molecule has 0 radical (unpaired) electrons. The SMILES string of the molecule is O=C(CCc1ncc(-c2ccc(Cl)cc2)o1)Nc1cc(F)ccc1NC(=O)c1ccccn1. The van der Waals surface area contributed by atoms with Gasteiger partial charge in [-0.15, -0.1) is 0 Å². The summed E-state index contributed by atoms with van der Waals surface area (Å²) in [5.74, 6) is -0.474. The van der Waals surface area contributed by atoms with Crippen molar-refractivity contribution in [3.63, 3.8) is 0 Å². The summed E-state index contributed by atoms with van der Waals surface area (Å²) in [7, 11) is 0. The zero-order valence-electron chi connectivity index (χ0n) is 17.2. The number of anilines is 2. The van der Waals surface area contributed by atoms with Gasteiger partial charge in [0.1, 0.15) is 11.5 Å². The van der Waals surface area contributed by atoms with Gasteiger partial charge in [-0.05, 0) is 54.6 Å². The van der Waals surface area contributed by atoms with Gasteiger partial charge in [-0.2, -0.15) is 0 Å². The Morgan fingerprint density at radius 3 is 2.55 bits per heavy atom. The Morgan fingerprint density at radius 1 is 0.970 bits per heavy atom. The molecule has 2 aromatic carbocycles. The molecular weight excluding hydrogens is 447 g/mol. The standard InChI is InChI=1S/C24H18ClFN4O3/c25-16-6-4-15(5-7-16)21-14-28-23(33-21)11-10-22(31)29-20-13-17(26)8-9-18(20)30-24(32)19-3-1-2-12-27-19/h1-9,12-14H,10-11H2,(H,29,31)(H,30,32). The Hall–Kier alpha value is -4.04. The van der Waals surface area contributed by atoms with Crippen molar-refractivity contribution in [2.45, 2.75) is 12.8 Å². The van der Waals surface area contributed by atoms with Crippen molar-refractivity contribution < 1.29 is 18.4 Å². The highest BCUT2D eigenvalue weighted by atomic mass is 35.5. The van der Waals surface area contributed by atoms with Gasteiger partial charge in [-0.1, -0.05) is 17.7 Å². The van der Waals surface area contributed by atoms with Gasteiger partial charge in [0.15, 0.2) is 11.7 Å². The predicted molar refractivity (Wildman–Crippen MR) is 122 cm³/mol. The molecule has 9 heteroatoms. The highest BCUT2D eigenvalue weighted by molar-refractivity contribution is 6.30. The number of carbonyl (C=O) groups is 2. The third-order valence-electron chi connectivity index (χ3n) is 4.65. The van der Waals surface area contributed by atoms with E-state index in [2.05, 4.69) is 20.6 Å². The van der Waals surface area contributed by atoms with Crippen LogP contribution in [-0.4, -0.2) is 21.8 Å². The van der Waals surface area contributed by atoms with Crippen LogP contribution in [-0.2, 0) is 11.2 Å². The van der Waals surface area contributed by atoms with E-state index in [-0.39, 0.29) is 35.8 Å². The van der Waals surface area contributed by atoms with E-state index in [1.807, 2.05) is 12.1 Å². The summed E-state index contributed by atoms with van der Waals surface area (Å²) in [6, 6.07) is 15.7. The molecule has 0 saturated heterocycles. The number of halogens is 2. The summed E-state index contributed by atoms with van der Waals surface area (Å²) in [5, 5.41) is 5.87. The van der Waals surface area contributed by atoms with Crippen LogP contribution < -0.4 is 10.6 Å².